The number of benzene rings is 2. The maximum atomic E-state index is 12.0. The summed E-state index contributed by atoms with van der Waals surface area (Å²) in [6, 6.07) is 12.7. The smallest absolute Gasteiger partial charge is 0.269 e. The number of rotatable bonds is 6. The molecule has 1 aliphatic heterocycles. The van der Waals surface area contributed by atoms with Crippen LogP contribution >= 0.6 is 0 Å². The van der Waals surface area contributed by atoms with Gasteiger partial charge in [-0.2, -0.15) is 0 Å². The van der Waals surface area contributed by atoms with Gasteiger partial charge in [-0.3, -0.25) is 14.9 Å². The lowest BCUT2D eigenvalue weighted by atomic mass is 10.1. The molecule has 0 atom stereocenters. The molecule has 0 fully saturated rings. The summed E-state index contributed by atoms with van der Waals surface area (Å²) in [4.78, 5) is 22.3. The van der Waals surface area contributed by atoms with Gasteiger partial charge in [0.05, 0.1) is 4.92 Å². The Morgan fingerprint density at radius 2 is 1.96 bits per heavy atom. The SMILES string of the molecule is O=C(CCc1cccc([N+](=O)[O-])c1)NCc1ccc2c(c1)CNC2. The summed E-state index contributed by atoms with van der Waals surface area (Å²) in [7, 11) is 0. The molecule has 24 heavy (non-hydrogen) atoms. The predicted octanol–water partition coefficient (Wildman–Crippen LogP) is 2.45. The van der Waals surface area contributed by atoms with Gasteiger partial charge in [-0.05, 0) is 28.7 Å². The molecular weight excluding hydrogens is 306 g/mol. The molecule has 0 spiro atoms. The Kier molecular flexibility index (Phi) is 4.86. The third-order valence-electron chi connectivity index (χ3n) is 4.15. The van der Waals surface area contributed by atoms with Crippen LogP contribution in [0.2, 0.25) is 0 Å². The van der Waals surface area contributed by atoms with E-state index >= 15 is 0 Å². The van der Waals surface area contributed by atoms with Gasteiger partial charge in [-0.25, -0.2) is 0 Å². The number of carbonyl (C=O) groups is 1. The summed E-state index contributed by atoms with van der Waals surface area (Å²) >= 11 is 0. The van der Waals surface area contributed by atoms with Gasteiger partial charge in [0.25, 0.3) is 5.69 Å². The molecule has 6 heteroatoms. The second kappa shape index (κ2) is 7.23. The molecule has 0 radical (unpaired) electrons. The maximum Gasteiger partial charge on any atom is 0.269 e. The number of nitrogens with one attached hydrogen (secondary N) is 2. The lowest BCUT2D eigenvalue weighted by molar-refractivity contribution is -0.384. The Labute approximate surface area is 140 Å². The highest BCUT2D eigenvalue weighted by Gasteiger charge is 2.11. The first-order chi connectivity index (χ1) is 11.6. The molecule has 0 aliphatic carbocycles. The van der Waals surface area contributed by atoms with E-state index < -0.39 is 4.92 Å². The molecule has 1 heterocycles. The molecule has 2 N–H and O–H groups in total. The van der Waals surface area contributed by atoms with Crippen LogP contribution in [0.1, 0.15) is 28.7 Å². The molecule has 0 aromatic heterocycles. The Bertz CT molecular complexity index is 774. The van der Waals surface area contributed by atoms with E-state index in [1.807, 2.05) is 6.07 Å². The highest BCUT2D eigenvalue weighted by Crippen LogP contribution is 2.17. The Morgan fingerprint density at radius 3 is 2.79 bits per heavy atom. The molecule has 3 rings (SSSR count). The van der Waals surface area contributed by atoms with E-state index in [1.54, 1.807) is 12.1 Å². The Morgan fingerprint density at radius 1 is 1.12 bits per heavy atom. The molecule has 0 saturated heterocycles. The quantitative estimate of drug-likeness (QED) is 0.631. The fourth-order valence-corrected chi connectivity index (χ4v) is 2.83. The van der Waals surface area contributed by atoms with E-state index in [4.69, 9.17) is 0 Å². The second-order valence-corrected chi connectivity index (χ2v) is 5.91. The zero-order valence-corrected chi connectivity index (χ0v) is 13.2. The van der Waals surface area contributed by atoms with E-state index in [2.05, 4.69) is 22.8 Å². The highest BCUT2D eigenvalue weighted by molar-refractivity contribution is 5.76. The average molecular weight is 325 g/mol. The van der Waals surface area contributed by atoms with Crippen LogP contribution in [0.15, 0.2) is 42.5 Å². The molecule has 2 aromatic rings. The van der Waals surface area contributed by atoms with E-state index in [-0.39, 0.29) is 11.6 Å². The van der Waals surface area contributed by atoms with Crippen molar-refractivity contribution in [2.24, 2.45) is 0 Å². The summed E-state index contributed by atoms with van der Waals surface area (Å²) in [6.07, 6.45) is 0.801. The first-order valence-corrected chi connectivity index (χ1v) is 7.93. The average Bonchev–Trinajstić information content (AvgIpc) is 3.06. The van der Waals surface area contributed by atoms with Gasteiger partial charge in [0.1, 0.15) is 0 Å². The van der Waals surface area contributed by atoms with Crippen LogP contribution in [0.4, 0.5) is 5.69 Å². The predicted molar refractivity (Wildman–Crippen MR) is 90.2 cm³/mol. The van der Waals surface area contributed by atoms with Crippen molar-refractivity contribution >= 4 is 11.6 Å². The van der Waals surface area contributed by atoms with Gasteiger partial charge < -0.3 is 10.6 Å². The minimum atomic E-state index is -0.424. The summed E-state index contributed by atoms with van der Waals surface area (Å²) in [6.45, 7) is 2.29. The summed E-state index contributed by atoms with van der Waals surface area (Å²) < 4.78 is 0. The van der Waals surface area contributed by atoms with Crippen molar-refractivity contribution in [2.75, 3.05) is 0 Å². The third kappa shape index (κ3) is 3.97. The Hall–Kier alpha value is -2.73. The van der Waals surface area contributed by atoms with Crippen molar-refractivity contribution in [1.29, 1.82) is 0 Å². The maximum absolute atomic E-state index is 12.0. The van der Waals surface area contributed by atoms with E-state index in [9.17, 15) is 14.9 Å². The molecule has 0 unspecified atom stereocenters. The van der Waals surface area contributed by atoms with Crippen molar-refractivity contribution in [3.8, 4) is 0 Å². The van der Waals surface area contributed by atoms with E-state index in [1.165, 1.54) is 23.3 Å². The number of nitro benzene ring substituents is 1. The monoisotopic (exact) mass is 325 g/mol. The zero-order chi connectivity index (χ0) is 16.9. The topological polar surface area (TPSA) is 84.3 Å². The van der Waals surface area contributed by atoms with Crippen LogP contribution in [-0.2, 0) is 30.8 Å². The molecule has 124 valence electrons. The molecule has 0 saturated carbocycles. The van der Waals surface area contributed by atoms with Gasteiger partial charge >= 0.3 is 0 Å². The number of hydrogen-bond donors (Lipinski definition) is 2. The number of carbonyl (C=O) groups excluding carboxylic acids is 1. The van der Waals surface area contributed by atoms with Gasteiger partial charge in [0.2, 0.25) is 5.91 Å². The van der Waals surface area contributed by atoms with Gasteiger partial charge in [-0.15, -0.1) is 0 Å². The van der Waals surface area contributed by atoms with Crippen molar-refractivity contribution in [3.05, 3.63) is 74.8 Å². The Balaban J connectivity index is 1.49. The fourth-order valence-electron chi connectivity index (χ4n) is 2.83. The number of nitrogens with zero attached hydrogens (tertiary/aromatic N) is 1. The molecule has 1 amide bonds. The summed E-state index contributed by atoms with van der Waals surface area (Å²) in [5.74, 6) is -0.0554. The van der Waals surface area contributed by atoms with Crippen LogP contribution < -0.4 is 10.6 Å². The minimum Gasteiger partial charge on any atom is -0.352 e. The number of hydrogen-bond acceptors (Lipinski definition) is 4. The second-order valence-electron chi connectivity index (χ2n) is 5.91. The standard InChI is InChI=1S/C18H19N3O3/c22-18(7-5-13-2-1-3-17(9-13)21(23)24)20-10-14-4-6-15-11-19-12-16(15)8-14/h1-4,6,8-9,19H,5,7,10-12H2,(H,20,22). The first-order valence-electron chi connectivity index (χ1n) is 7.93. The van der Waals surface area contributed by atoms with Crippen molar-refractivity contribution < 1.29 is 9.72 Å². The van der Waals surface area contributed by atoms with Crippen LogP contribution in [0, 0.1) is 10.1 Å². The van der Waals surface area contributed by atoms with Crippen molar-refractivity contribution in [3.63, 3.8) is 0 Å². The van der Waals surface area contributed by atoms with Crippen LogP contribution in [0.25, 0.3) is 0 Å². The van der Waals surface area contributed by atoms with Gasteiger partial charge in [0, 0.05) is 38.2 Å². The largest absolute Gasteiger partial charge is 0.352 e. The minimum absolute atomic E-state index is 0.0552. The molecular formula is C18H19N3O3. The van der Waals surface area contributed by atoms with E-state index in [0.29, 0.717) is 19.4 Å². The fraction of sp³-hybridized carbons (Fsp3) is 0.278. The van der Waals surface area contributed by atoms with Gasteiger partial charge in [0.15, 0.2) is 0 Å². The number of aryl methyl sites for hydroxylation is 1. The van der Waals surface area contributed by atoms with Crippen molar-refractivity contribution in [1.82, 2.24) is 10.6 Å². The highest BCUT2D eigenvalue weighted by atomic mass is 16.6. The molecule has 1 aliphatic rings. The lowest BCUT2D eigenvalue weighted by Crippen LogP contribution is -2.23. The zero-order valence-electron chi connectivity index (χ0n) is 13.2. The number of nitro groups is 1. The lowest BCUT2D eigenvalue weighted by Gasteiger charge is -2.07. The van der Waals surface area contributed by atoms with Crippen molar-refractivity contribution in [2.45, 2.75) is 32.5 Å². The summed E-state index contributed by atoms with van der Waals surface area (Å²) in [5.41, 5.74) is 4.54. The molecule has 0 bridgehead atoms. The molecule has 6 nitrogen and oxygen atoms in total. The first kappa shape index (κ1) is 16.1. The number of fused-ring (bicyclic) bond motifs is 1. The van der Waals surface area contributed by atoms with Crippen LogP contribution in [0.5, 0.6) is 0 Å². The third-order valence-corrected chi connectivity index (χ3v) is 4.15. The summed E-state index contributed by atoms with van der Waals surface area (Å²) in [5, 5.41) is 17.0. The number of non-ortho nitro benzene ring substituents is 1. The van der Waals surface area contributed by atoms with E-state index in [0.717, 1.165) is 24.2 Å². The van der Waals surface area contributed by atoms with Crippen LogP contribution in [0.3, 0.4) is 0 Å². The van der Waals surface area contributed by atoms with Crippen LogP contribution in [-0.4, -0.2) is 10.8 Å². The van der Waals surface area contributed by atoms with Gasteiger partial charge in [-0.1, -0.05) is 30.3 Å². The number of amides is 1. The molecule has 2 aromatic carbocycles. The normalized spacial score (nSPS) is 12.7.